The summed E-state index contributed by atoms with van der Waals surface area (Å²) in [4.78, 5) is 30.9. The van der Waals surface area contributed by atoms with Gasteiger partial charge in [-0.2, -0.15) is 0 Å². The van der Waals surface area contributed by atoms with Crippen molar-refractivity contribution >= 4 is 35.1 Å². The van der Waals surface area contributed by atoms with Gasteiger partial charge in [0.2, 0.25) is 5.91 Å². The van der Waals surface area contributed by atoms with Crippen molar-refractivity contribution < 1.29 is 23.0 Å². The largest absolute Gasteiger partial charge is 0.493 e. The number of rotatable bonds is 7. The van der Waals surface area contributed by atoms with Crippen LogP contribution >= 0.6 is 23.5 Å². The molecule has 172 valence electrons. The Morgan fingerprint density at radius 2 is 1.97 bits per heavy atom. The summed E-state index contributed by atoms with van der Waals surface area (Å²) in [5.41, 5.74) is 0.835. The number of nitrogens with one attached hydrogen (secondary N) is 1. The molecule has 3 aromatic rings. The summed E-state index contributed by atoms with van der Waals surface area (Å²) in [6.45, 7) is 0. The first-order valence-electron chi connectivity index (χ1n) is 9.80. The predicted octanol–water partition coefficient (Wildman–Crippen LogP) is 3.91. The number of anilines is 1. The van der Waals surface area contributed by atoms with Crippen molar-refractivity contribution in [3.05, 3.63) is 64.1 Å². The molecule has 0 radical (unpaired) electrons. The van der Waals surface area contributed by atoms with E-state index < -0.39 is 17.5 Å². The summed E-state index contributed by atoms with van der Waals surface area (Å²) in [5, 5.41) is 2.73. The predicted molar refractivity (Wildman–Crippen MR) is 123 cm³/mol. The number of hydrogen-bond donors (Lipinski definition) is 1. The van der Waals surface area contributed by atoms with Gasteiger partial charge in [-0.3, -0.25) is 14.2 Å². The Balaban J connectivity index is 1.65. The highest BCUT2D eigenvalue weighted by molar-refractivity contribution is 8.00. The van der Waals surface area contributed by atoms with E-state index in [1.807, 2.05) is 0 Å². The number of nitrogens with zero attached hydrogens (tertiary/aromatic N) is 2. The van der Waals surface area contributed by atoms with Gasteiger partial charge < -0.3 is 14.8 Å². The van der Waals surface area contributed by atoms with Crippen molar-refractivity contribution in [2.24, 2.45) is 0 Å². The zero-order chi connectivity index (χ0) is 23.5. The normalized spacial score (nSPS) is 12.4. The van der Waals surface area contributed by atoms with Crippen LogP contribution in [-0.4, -0.2) is 41.2 Å². The Hall–Kier alpha value is -3.05. The molecule has 2 heterocycles. The SMILES string of the molecule is COc1ccc(-n2c(SCC(=O)Nc3ccc(F)cc3F)nc3c(c2=O)SCC3)cc1OC. The lowest BCUT2D eigenvalue weighted by molar-refractivity contribution is -0.113. The van der Waals surface area contributed by atoms with Crippen LogP contribution in [0.1, 0.15) is 5.69 Å². The van der Waals surface area contributed by atoms with Gasteiger partial charge in [0.25, 0.3) is 5.56 Å². The van der Waals surface area contributed by atoms with E-state index >= 15 is 0 Å². The van der Waals surface area contributed by atoms with Crippen molar-refractivity contribution in [2.75, 3.05) is 31.0 Å². The Kier molecular flexibility index (Phi) is 6.89. The van der Waals surface area contributed by atoms with E-state index in [9.17, 15) is 18.4 Å². The summed E-state index contributed by atoms with van der Waals surface area (Å²) in [6.07, 6.45) is 0.655. The number of carbonyl (C=O) groups excluding carboxylic acids is 1. The Morgan fingerprint density at radius 1 is 1.18 bits per heavy atom. The molecular weight excluding hydrogens is 472 g/mol. The number of thioether (sulfide) groups is 2. The van der Waals surface area contributed by atoms with Gasteiger partial charge in [-0.15, -0.1) is 11.8 Å². The smallest absolute Gasteiger partial charge is 0.272 e. The molecule has 4 rings (SSSR count). The molecule has 1 N–H and O–H groups in total. The number of fused-ring (bicyclic) bond motifs is 1. The van der Waals surface area contributed by atoms with E-state index in [1.165, 1.54) is 30.5 Å². The molecule has 1 aromatic heterocycles. The number of halogens is 2. The van der Waals surface area contributed by atoms with Crippen LogP contribution in [0.4, 0.5) is 14.5 Å². The van der Waals surface area contributed by atoms with Gasteiger partial charge in [0.1, 0.15) is 11.6 Å². The van der Waals surface area contributed by atoms with Gasteiger partial charge in [-0.1, -0.05) is 11.8 Å². The summed E-state index contributed by atoms with van der Waals surface area (Å²) in [6, 6.07) is 7.94. The average Bonchev–Trinajstić information content (AvgIpc) is 3.28. The zero-order valence-corrected chi connectivity index (χ0v) is 19.3. The van der Waals surface area contributed by atoms with Crippen molar-refractivity contribution in [3.8, 4) is 17.2 Å². The summed E-state index contributed by atoms with van der Waals surface area (Å²) in [7, 11) is 3.01. The number of aryl methyl sites for hydroxylation is 1. The second kappa shape index (κ2) is 9.84. The summed E-state index contributed by atoms with van der Waals surface area (Å²) >= 11 is 2.49. The topological polar surface area (TPSA) is 82.5 Å². The summed E-state index contributed by atoms with van der Waals surface area (Å²) < 4.78 is 39.0. The lowest BCUT2D eigenvalue weighted by atomic mass is 10.2. The van der Waals surface area contributed by atoms with Gasteiger partial charge in [0, 0.05) is 24.3 Å². The van der Waals surface area contributed by atoms with Crippen molar-refractivity contribution in [1.82, 2.24) is 9.55 Å². The third kappa shape index (κ3) is 4.83. The van der Waals surface area contributed by atoms with E-state index in [0.717, 1.165) is 29.6 Å². The van der Waals surface area contributed by atoms with Gasteiger partial charge in [-0.05, 0) is 24.3 Å². The highest BCUT2D eigenvalue weighted by Gasteiger charge is 2.23. The summed E-state index contributed by atoms with van der Waals surface area (Å²) in [5.74, 6) is -0.566. The molecule has 0 unspecified atom stereocenters. The van der Waals surface area contributed by atoms with Crippen LogP contribution in [0.3, 0.4) is 0 Å². The molecule has 1 aliphatic heterocycles. The number of carbonyl (C=O) groups is 1. The minimum absolute atomic E-state index is 0.127. The van der Waals surface area contributed by atoms with Crippen LogP contribution in [0, 0.1) is 11.6 Å². The molecule has 11 heteroatoms. The molecule has 0 saturated carbocycles. The maximum atomic E-state index is 13.9. The molecule has 0 fully saturated rings. The van der Waals surface area contributed by atoms with Crippen molar-refractivity contribution in [3.63, 3.8) is 0 Å². The number of ether oxygens (including phenoxy) is 2. The Bertz CT molecular complexity index is 1280. The van der Waals surface area contributed by atoms with Crippen molar-refractivity contribution in [1.29, 1.82) is 0 Å². The minimum Gasteiger partial charge on any atom is -0.493 e. The van der Waals surface area contributed by atoms with Crippen LogP contribution in [0.25, 0.3) is 5.69 Å². The number of benzene rings is 2. The van der Waals surface area contributed by atoms with Gasteiger partial charge in [0.15, 0.2) is 16.7 Å². The third-order valence-electron chi connectivity index (χ3n) is 4.83. The van der Waals surface area contributed by atoms with Crippen LogP contribution in [0.5, 0.6) is 11.5 Å². The fraction of sp³-hybridized carbons (Fsp3) is 0.227. The maximum absolute atomic E-state index is 13.9. The lowest BCUT2D eigenvalue weighted by Gasteiger charge is -2.15. The van der Waals surface area contributed by atoms with E-state index in [1.54, 1.807) is 18.2 Å². The molecule has 0 saturated heterocycles. The first-order valence-corrected chi connectivity index (χ1v) is 11.8. The molecule has 1 amide bonds. The van der Waals surface area contributed by atoms with Crippen molar-refractivity contribution in [2.45, 2.75) is 16.5 Å². The first-order chi connectivity index (χ1) is 15.9. The zero-order valence-electron chi connectivity index (χ0n) is 17.7. The van der Waals surface area contributed by atoms with Gasteiger partial charge in [0.05, 0.1) is 41.9 Å². The Labute approximate surface area is 196 Å². The molecule has 0 bridgehead atoms. The molecule has 33 heavy (non-hydrogen) atoms. The molecule has 1 aliphatic rings. The maximum Gasteiger partial charge on any atom is 0.272 e. The van der Waals surface area contributed by atoms with Crippen LogP contribution in [0.2, 0.25) is 0 Å². The molecule has 2 aromatic carbocycles. The highest BCUT2D eigenvalue weighted by Crippen LogP contribution is 2.33. The monoisotopic (exact) mass is 491 g/mol. The number of amides is 1. The fourth-order valence-electron chi connectivity index (χ4n) is 3.29. The molecule has 0 atom stereocenters. The second-order valence-electron chi connectivity index (χ2n) is 6.91. The third-order valence-corrected chi connectivity index (χ3v) is 6.88. The Morgan fingerprint density at radius 3 is 2.70 bits per heavy atom. The number of hydrogen-bond acceptors (Lipinski definition) is 7. The van der Waals surface area contributed by atoms with Crippen LogP contribution in [-0.2, 0) is 11.2 Å². The number of methoxy groups -OCH3 is 2. The fourth-order valence-corrected chi connectivity index (χ4v) is 5.14. The van der Waals surface area contributed by atoms with E-state index in [2.05, 4.69) is 10.3 Å². The standard InChI is InChI=1S/C22H19F2N3O4S2/c1-30-17-6-4-13(10-18(17)31-2)27-21(29)20-16(7-8-32-20)26-22(27)33-11-19(28)25-15-5-3-12(23)9-14(15)24/h3-6,9-10H,7-8,11H2,1-2H3,(H,25,28). The van der Waals surface area contributed by atoms with E-state index in [-0.39, 0.29) is 17.0 Å². The highest BCUT2D eigenvalue weighted by atomic mass is 32.2. The van der Waals surface area contributed by atoms with Gasteiger partial charge in [-0.25, -0.2) is 13.8 Å². The molecule has 0 aliphatic carbocycles. The van der Waals surface area contributed by atoms with Crippen LogP contribution < -0.4 is 20.3 Å². The average molecular weight is 492 g/mol. The molecule has 0 spiro atoms. The number of aromatic nitrogens is 2. The first kappa shape index (κ1) is 23.1. The quantitative estimate of drug-likeness (QED) is 0.396. The minimum atomic E-state index is -0.872. The van der Waals surface area contributed by atoms with Crippen LogP contribution in [0.15, 0.2) is 51.2 Å². The molecular formula is C22H19F2N3O4S2. The van der Waals surface area contributed by atoms with E-state index in [0.29, 0.717) is 45.4 Å². The molecule has 7 nitrogen and oxygen atoms in total. The van der Waals surface area contributed by atoms with E-state index in [4.69, 9.17) is 9.47 Å². The van der Waals surface area contributed by atoms with Gasteiger partial charge >= 0.3 is 0 Å². The lowest BCUT2D eigenvalue weighted by Crippen LogP contribution is -2.25. The second-order valence-corrected chi connectivity index (χ2v) is 8.96.